The number of nitrogens with one attached hydrogen (secondary N) is 2. The van der Waals surface area contributed by atoms with Gasteiger partial charge in [0.2, 0.25) is 10.0 Å². The van der Waals surface area contributed by atoms with Gasteiger partial charge in [0.05, 0.1) is 4.90 Å². The van der Waals surface area contributed by atoms with Crippen molar-refractivity contribution in [2.75, 3.05) is 33.2 Å². The molecule has 0 spiro atoms. The summed E-state index contributed by atoms with van der Waals surface area (Å²) in [5.74, 6) is 1.22. The van der Waals surface area contributed by atoms with Gasteiger partial charge in [0.15, 0.2) is 5.96 Å². The average Bonchev–Trinajstić information content (AvgIpc) is 3.31. The Morgan fingerprint density at radius 2 is 1.81 bits per heavy atom. The van der Waals surface area contributed by atoms with Crippen LogP contribution in [0.5, 0.6) is 0 Å². The molecule has 6 nitrogen and oxygen atoms in total. The standard InChI is InChI=1S/C22H32N4O2S2.HI/c1-22(2,20-10-7-15-29-20)17-25-21(23-3)24-16-18-11-13-26(14-12-18)30(27,28)19-8-5-4-6-9-19;/h4-10,15,18H,11-14,16-17H2,1-3H3,(H2,23,24,25);1H. The molecule has 0 unspecified atom stereocenters. The molecule has 1 saturated heterocycles. The normalized spacial score (nSPS) is 16.5. The number of piperidine rings is 1. The van der Waals surface area contributed by atoms with E-state index in [4.69, 9.17) is 0 Å². The predicted octanol–water partition coefficient (Wildman–Crippen LogP) is 3.91. The van der Waals surface area contributed by atoms with Crippen molar-refractivity contribution >= 4 is 51.3 Å². The zero-order chi connectivity index (χ0) is 21.6. The molecule has 9 heteroatoms. The number of guanidine groups is 1. The highest BCUT2D eigenvalue weighted by Gasteiger charge is 2.29. The highest BCUT2D eigenvalue weighted by Crippen LogP contribution is 2.26. The Morgan fingerprint density at radius 1 is 1.13 bits per heavy atom. The first-order valence-corrected chi connectivity index (χ1v) is 12.7. The fourth-order valence-electron chi connectivity index (χ4n) is 3.61. The van der Waals surface area contributed by atoms with Crippen molar-refractivity contribution in [3.8, 4) is 0 Å². The topological polar surface area (TPSA) is 73.8 Å². The van der Waals surface area contributed by atoms with E-state index in [0.717, 1.165) is 31.9 Å². The maximum atomic E-state index is 12.8. The molecule has 0 amide bonds. The summed E-state index contributed by atoms with van der Waals surface area (Å²) in [5, 5.41) is 8.95. The molecule has 0 atom stereocenters. The van der Waals surface area contributed by atoms with Crippen molar-refractivity contribution in [3.63, 3.8) is 0 Å². The van der Waals surface area contributed by atoms with Crippen molar-refractivity contribution in [1.29, 1.82) is 0 Å². The van der Waals surface area contributed by atoms with Gasteiger partial charge < -0.3 is 10.6 Å². The molecule has 3 rings (SSSR count). The predicted molar refractivity (Wildman–Crippen MR) is 140 cm³/mol. The van der Waals surface area contributed by atoms with Crippen molar-refractivity contribution in [2.45, 2.75) is 37.0 Å². The second-order valence-corrected chi connectivity index (χ2v) is 11.2. The Labute approximate surface area is 207 Å². The molecule has 31 heavy (non-hydrogen) atoms. The molecule has 1 aromatic heterocycles. The average molecular weight is 577 g/mol. The van der Waals surface area contributed by atoms with E-state index in [9.17, 15) is 8.42 Å². The minimum Gasteiger partial charge on any atom is -0.356 e. The number of rotatable bonds is 7. The van der Waals surface area contributed by atoms with Gasteiger partial charge in [-0.25, -0.2) is 8.42 Å². The number of aliphatic imine (C=N–C) groups is 1. The SMILES string of the molecule is CN=C(NCC1CCN(S(=O)(=O)c2ccccc2)CC1)NCC(C)(C)c1cccs1.I. The molecule has 2 heterocycles. The fourth-order valence-corrected chi connectivity index (χ4v) is 5.96. The number of hydrogen-bond acceptors (Lipinski definition) is 4. The van der Waals surface area contributed by atoms with Crippen LogP contribution in [0.3, 0.4) is 0 Å². The third-order valence-electron chi connectivity index (χ3n) is 5.62. The van der Waals surface area contributed by atoms with E-state index < -0.39 is 10.0 Å². The van der Waals surface area contributed by atoms with Gasteiger partial charge in [-0.1, -0.05) is 38.1 Å². The second kappa shape index (κ2) is 11.6. The van der Waals surface area contributed by atoms with Gasteiger partial charge in [0.25, 0.3) is 0 Å². The van der Waals surface area contributed by atoms with Crippen molar-refractivity contribution in [1.82, 2.24) is 14.9 Å². The summed E-state index contributed by atoms with van der Waals surface area (Å²) in [6.45, 7) is 7.14. The Balaban J connectivity index is 0.00000341. The lowest BCUT2D eigenvalue weighted by molar-refractivity contribution is 0.273. The van der Waals surface area contributed by atoms with E-state index in [-0.39, 0.29) is 29.4 Å². The molecule has 0 saturated carbocycles. The number of thiophene rings is 1. The van der Waals surface area contributed by atoms with Gasteiger partial charge in [-0.3, -0.25) is 4.99 Å². The minimum absolute atomic E-state index is 0. The van der Waals surface area contributed by atoms with Gasteiger partial charge in [-0.05, 0) is 42.3 Å². The molecule has 1 fully saturated rings. The highest BCUT2D eigenvalue weighted by atomic mass is 127. The number of nitrogens with zero attached hydrogens (tertiary/aromatic N) is 2. The highest BCUT2D eigenvalue weighted by molar-refractivity contribution is 14.0. The van der Waals surface area contributed by atoms with E-state index >= 15 is 0 Å². The van der Waals surface area contributed by atoms with Gasteiger partial charge in [-0.2, -0.15) is 4.31 Å². The van der Waals surface area contributed by atoms with Gasteiger partial charge >= 0.3 is 0 Å². The Morgan fingerprint density at radius 3 is 2.39 bits per heavy atom. The van der Waals surface area contributed by atoms with E-state index in [2.05, 4.69) is 47.0 Å². The molecule has 0 bridgehead atoms. The molecule has 1 aliphatic heterocycles. The maximum absolute atomic E-state index is 12.8. The molecule has 1 aliphatic rings. The molecular weight excluding hydrogens is 543 g/mol. The smallest absolute Gasteiger partial charge is 0.243 e. The minimum atomic E-state index is -3.39. The Hall–Kier alpha value is -1.17. The zero-order valence-corrected chi connectivity index (χ0v) is 22.3. The summed E-state index contributed by atoms with van der Waals surface area (Å²) >= 11 is 1.77. The first-order chi connectivity index (χ1) is 14.3. The number of hydrogen-bond donors (Lipinski definition) is 2. The van der Waals surface area contributed by atoms with Crippen LogP contribution in [0.4, 0.5) is 0 Å². The van der Waals surface area contributed by atoms with Gasteiger partial charge in [0.1, 0.15) is 0 Å². The van der Waals surface area contributed by atoms with E-state index in [1.54, 1.807) is 47.0 Å². The summed E-state index contributed by atoms with van der Waals surface area (Å²) in [4.78, 5) is 6.06. The summed E-state index contributed by atoms with van der Waals surface area (Å²) in [6, 6.07) is 12.9. The zero-order valence-electron chi connectivity index (χ0n) is 18.4. The quantitative estimate of drug-likeness (QED) is 0.298. The number of sulfonamides is 1. The van der Waals surface area contributed by atoms with Crippen LogP contribution in [0.15, 0.2) is 57.7 Å². The summed E-state index contributed by atoms with van der Waals surface area (Å²) in [6.07, 6.45) is 1.69. The maximum Gasteiger partial charge on any atom is 0.243 e. The van der Waals surface area contributed by atoms with Crippen molar-refractivity contribution in [2.24, 2.45) is 10.9 Å². The van der Waals surface area contributed by atoms with E-state index in [1.165, 1.54) is 4.88 Å². The van der Waals surface area contributed by atoms with Gasteiger partial charge in [0, 0.05) is 43.5 Å². The Kier molecular flexibility index (Phi) is 9.78. The monoisotopic (exact) mass is 576 g/mol. The molecular formula is C22H33IN4O2S2. The van der Waals surface area contributed by atoms with Crippen LogP contribution in [-0.2, 0) is 15.4 Å². The molecule has 0 aliphatic carbocycles. The van der Waals surface area contributed by atoms with Crippen LogP contribution in [0.1, 0.15) is 31.6 Å². The summed E-state index contributed by atoms with van der Waals surface area (Å²) in [7, 11) is -1.61. The largest absolute Gasteiger partial charge is 0.356 e. The second-order valence-electron chi connectivity index (χ2n) is 8.33. The summed E-state index contributed by atoms with van der Waals surface area (Å²) < 4.78 is 27.1. The molecule has 2 N–H and O–H groups in total. The van der Waals surface area contributed by atoms with Crippen molar-refractivity contribution in [3.05, 3.63) is 52.7 Å². The fraction of sp³-hybridized carbons (Fsp3) is 0.500. The lowest BCUT2D eigenvalue weighted by Crippen LogP contribution is -2.46. The van der Waals surface area contributed by atoms with Crippen molar-refractivity contribution < 1.29 is 8.42 Å². The van der Waals surface area contributed by atoms with Crippen LogP contribution in [-0.4, -0.2) is 51.9 Å². The summed E-state index contributed by atoms with van der Waals surface area (Å²) in [5.41, 5.74) is 0.0307. The lowest BCUT2D eigenvalue weighted by Gasteiger charge is -2.32. The van der Waals surface area contributed by atoms with Crippen LogP contribution in [0, 0.1) is 5.92 Å². The van der Waals surface area contributed by atoms with Crippen LogP contribution in [0.25, 0.3) is 0 Å². The third-order valence-corrected chi connectivity index (χ3v) is 8.77. The number of benzene rings is 1. The third kappa shape index (κ3) is 6.90. The van der Waals surface area contributed by atoms with E-state index in [1.807, 2.05) is 6.07 Å². The van der Waals surface area contributed by atoms with E-state index in [0.29, 0.717) is 23.9 Å². The van der Waals surface area contributed by atoms with Crippen LogP contribution < -0.4 is 10.6 Å². The molecule has 2 aromatic rings. The van der Waals surface area contributed by atoms with Gasteiger partial charge in [-0.15, -0.1) is 35.3 Å². The molecule has 172 valence electrons. The molecule has 1 aromatic carbocycles. The first-order valence-electron chi connectivity index (χ1n) is 10.4. The lowest BCUT2D eigenvalue weighted by atomic mass is 9.91. The first kappa shape index (κ1) is 26.1. The van der Waals surface area contributed by atoms with Crippen LogP contribution in [0.2, 0.25) is 0 Å². The Bertz CT molecular complexity index is 924. The molecule has 0 radical (unpaired) electrons. The van der Waals surface area contributed by atoms with Crippen LogP contribution >= 0.6 is 35.3 Å². The number of halogens is 1.